The molecule has 1 fully saturated rings. The molecule has 4 heterocycles. The summed E-state index contributed by atoms with van der Waals surface area (Å²) >= 11 is 0. The number of nitrogens with two attached hydrogens (primary N) is 1. The number of aryl methyl sites for hydroxylation is 2. The molecular weight excluding hydrogens is 558 g/mol. The molecule has 44 heavy (non-hydrogen) atoms. The number of hydrogen-bond donors (Lipinski definition) is 3. The number of aromatic nitrogens is 3. The second-order valence-electron chi connectivity index (χ2n) is 12.0. The number of phenols is 1. The third kappa shape index (κ3) is 6.56. The summed E-state index contributed by atoms with van der Waals surface area (Å²) in [5.41, 5.74) is 12.7. The SMILES string of the molecule is CCc1cc(O)ccc1N=C(N)c1cnn2cc(-c3cnc(OC)cc3C)cc2c1NC[C@H]1CCCN1C(=O)OC(C)(C)C. The minimum atomic E-state index is -0.574. The highest BCUT2D eigenvalue weighted by Crippen LogP contribution is 2.32. The number of nitrogens with zero attached hydrogens (tertiary/aromatic N) is 5. The third-order valence-electron chi connectivity index (χ3n) is 7.72. The molecule has 0 unspecified atom stereocenters. The number of ether oxygens (including phenoxy) is 2. The molecule has 11 heteroatoms. The maximum atomic E-state index is 13.0. The quantitative estimate of drug-likeness (QED) is 0.170. The molecule has 1 amide bonds. The Kier molecular flexibility index (Phi) is 8.66. The van der Waals surface area contributed by atoms with Gasteiger partial charge in [-0.25, -0.2) is 19.3 Å². The number of hydrogen-bond acceptors (Lipinski definition) is 8. The van der Waals surface area contributed by atoms with Gasteiger partial charge in [-0.3, -0.25) is 0 Å². The lowest BCUT2D eigenvalue weighted by atomic mass is 10.1. The summed E-state index contributed by atoms with van der Waals surface area (Å²) in [7, 11) is 1.60. The lowest BCUT2D eigenvalue weighted by Crippen LogP contribution is -2.42. The number of benzene rings is 1. The average molecular weight is 600 g/mol. The molecule has 1 saturated heterocycles. The maximum absolute atomic E-state index is 13.0. The standard InChI is InChI=1S/C33H41N7O4/c1-7-21-14-24(41)10-11-27(21)38-31(34)26-18-37-40-19-22(25-17-35-29(43-6)13-20(25)2)15-28(40)30(26)36-16-23-9-8-12-39(23)32(42)44-33(3,4)5/h10-11,13-15,17-19,23,36,41H,7-9,12,16H2,1-6H3,(H2,34,38)/t23-/m1/s1. The highest BCUT2D eigenvalue weighted by atomic mass is 16.6. The number of nitrogens with one attached hydrogen (secondary N) is 1. The van der Waals surface area contributed by atoms with E-state index in [1.807, 2.05) is 52.9 Å². The van der Waals surface area contributed by atoms with E-state index in [4.69, 9.17) is 20.2 Å². The fraction of sp³-hybridized carbons (Fsp3) is 0.394. The zero-order valence-electron chi connectivity index (χ0n) is 26.2. The molecule has 4 aromatic rings. The van der Waals surface area contributed by atoms with Gasteiger partial charge in [0.1, 0.15) is 17.2 Å². The van der Waals surface area contributed by atoms with E-state index in [0.717, 1.165) is 46.3 Å². The molecule has 1 atom stereocenters. The van der Waals surface area contributed by atoms with Crippen molar-refractivity contribution in [3.8, 4) is 22.8 Å². The van der Waals surface area contributed by atoms with Crippen molar-refractivity contribution >= 4 is 28.8 Å². The Hall–Kier alpha value is -4.80. The number of carbonyl (C=O) groups is 1. The Labute approximate surface area is 257 Å². The van der Waals surface area contributed by atoms with Crippen LogP contribution in [0.3, 0.4) is 0 Å². The summed E-state index contributed by atoms with van der Waals surface area (Å²) in [5, 5.41) is 18.3. The van der Waals surface area contributed by atoms with Crippen LogP contribution in [0.2, 0.25) is 0 Å². The van der Waals surface area contributed by atoms with E-state index in [1.165, 1.54) is 0 Å². The van der Waals surface area contributed by atoms with Gasteiger partial charge < -0.3 is 30.5 Å². The van der Waals surface area contributed by atoms with Crippen molar-refractivity contribution in [1.29, 1.82) is 0 Å². The molecule has 0 aliphatic carbocycles. The Balaban J connectivity index is 1.55. The Morgan fingerprint density at radius 3 is 2.73 bits per heavy atom. The largest absolute Gasteiger partial charge is 0.508 e. The van der Waals surface area contributed by atoms with Crippen molar-refractivity contribution < 1.29 is 19.4 Å². The predicted octanol–water partition coefficient (Wildman–Crippen LogP) is 5.83. The van der Waals surface area contributed by atoms with E-state index in [0.29, 0.717) is 36.6 Å². The second kappa shape index (κ2) is 12.4. The topological polar surface area (TPSA) is 140 Å². The number of aliphatic imine (C=N–C) groups is 1. The van der Waals surface area contributed by atoms with Crippen LogP contribution in [0.15, 0.2) is 53.9 Å². The molecule has 232 valence electrons. The molecule has 4 N–H and O–H groups in total. The Morgan fingerprint density at radius 2 is 2.02 bits per heavy atom. The van der Waals surface area contributed by atoms with E-state index in [-0.39, 0.29) is 23.7 Å². The molecule has 1 aliphatic heterocycles. The van der Waals surface area contributed by atoms with Crippen molar-refractivity contribution in [2.45, 2.75) is 65.5 Å². The van der Waals surface area contributed by atoms with Crippen molar-refractivity contribution in [1.82, 2.24) is 19.5 Å². The predicted molar refractivity (Wildman–Crippen MR) is 172 cm³/mol. The Bertz CT molecular complexity index is 1710. The van der Waals surface area contributed by atoms with Crippen molar-refractivity contribution in [3.63, 3.8) is 0 Å². The summed E-state index contributed by atoms with van der Waals surface area (Å²) < 4.78 is 12.8. The van der Waals surface area contributed by atoms with E-state index < -0.39 is 5.60 Å². The highest BCUT2D eigenvalue weighted by Gasteiger charge is 2.32. The summed E-state index contributed by atoms with van der Waals surface area (Å²) in [5.74, 6) is 1.01. The van der Waals surface area contributed by atoms with Crippen LogP contribution in [0, 0.1) is 6.92 Å². The van der Waals surface area contributed by atoms with Crippen LogP contribution in [0.4, 0.5) is 16.2 Å². The smallest absolute Gasteiger partial charge is 0.410 e. The Morgan fingerprint density at radius 1 is 1.23 bits per heavy atom. The monoisotopic (exact) mass is 599 g/mol. The van der Waals surface area contributed by atoms with Gasteiger partial charge in [0, 0.05) is 42.7 Å². The minimum Gasteiger partial charge on any atom is -0.508 e. The van der Waals surface area contributed by atoms with Crippen LogP contribution >= 0.6 is 0 Å². The lowest BCUT2D eigenvalue weighted by molar-refractivity contribution is 0.0235. The van der Waals surface area contributed by atoms with E-state index in [2.05, 4.69) is 15.4 Å². The number of amidine groups is 1. The van der Waals surface area contributed by atoms with Crippen LogP contribution in [0.5, 0.6) is 11.6 Å². The third-order valence-corrected chi connectivity index (χ3v) is 7.72. The molecular formula is C33H41N7O4. The summed E-state index contributed by atoms with van der Waals surface area (Å²) in [4.78, 5) is 23.9. The molecule has 1 aliphatic rings. The lowest BCUT2D eigenvalue weighted by Gasteiger charge is -2.29. The average Bonchev–Trinajstić information content (AvgIpc) is 3.63. The molecule has 0 radical (unpaired) electrons. The van der Waals surface area contributed by atoms with E-state index >= 15 is 0 Å². The van der Waals surface area contributed by atoms with Gasteiger partial charge in [-0.15, -0.1) is 0 Å². The number of phenolic OH excluding ortho intramolecular Hbond substituents is 1. The molecule has 0 spiro atoms. The van der Waals surface area contributed by atoms with Gasteiger partial charge in [-0.1, -0.05) is 6.92 Å². The fourth-order valence-electron chi connectivity index (χ4n) is 5.51. The number of amides is 1. The minimum absolute atomic E-state index is 0.0599. The first-order valence-corrected chi connectivity index (χ1v) is 14.9. The van der Waals surface area contributed by atoms with Crippen LogP contribution in [0.25, 0.3) is 16.6 Å². The van der Waals surface area contributed by atoms with Gasteiger partial charge in [-0.05, 0) is 82.3 Å². The molecule has 11 nitrogen and oxygen atoms in total. The van der Waals surface area contributed by atoms with Gasteiger partial charge in [0.2, 0.25) is 5.88 Å². The van der Waals surface area contributed by atoms with Crippen LogP contribution < -0.4 is 15.8 Å². The van der Waals surface area contributed by atoms with Gasteiger partial charge in [0.05, 0.1) is 41.8 Å². The summed E-state index contributed by atoms with van der Waals surface area (Å²) in [6, 6.07) is 8.93. The van der Waals surface area contributed by atoms with Crippen molar-refractivity contribution in [2.75, 3.05) is 25.5 Å². The highest BCUT2D eigenvalue weighted by molar-refractivity contribution is 6.06. The fourth-order valence-corrected chi connectivity index (χ4v) is 5.51. The number of fused-ring (bicyclic) bond motifs is 1. The number of likely N-dealkylation sites (tertiary alicyclic amines) is 1. The van der Waals surface area contributed by atoms with Gasteiger partial charge >= 0.3 is 6.09 Å². The molecule has 3 aromatic heterocycles. The van der Waals surface area contributed by atoms with Crippen LogP contribution in [0.1, 0.15) is 57.2 Å². The summed E-state index contributed by atoms with van der Waals surface area (Å²) in [6.45, 7) is 10.8. The first kappa shape index (κ1) is 30.7. The first-order chi connectivity index (χ1) is 21.0. The van der Waals surface area contributed by atoms with E-state index in [1.54, 1.807) is 47.1 Å². The number of carbonyl (C=O) groups excluding carboxylic acids is 1. The number of anilines is 1. The molecule has 1 aromatic carbocycles. The van der Waals surface area contributed by atoms with Gasteiger partial charge in [0.25, 0.3) is 0 Å². The molecule has 5 rings (SSSR count). The zero-order valence-corrected chi connectivity index (χ0v) is 26.2. The molecule has 0 bridgehead atoms. The van der Waals surface area contributed by atoms with Crippen LogP contribution in [-0.4, -0.2) is 68.4 Å². The maximum Gasteiger partial charge on any atom is 0.410 e. The van der Waals surface area contributed by atoms with Crippen molar-refractivity contribution in [3.05, 3.63) is 65.6 Å². The first-order valence-electron chi connectivity index (χ1n) is 14.9. The number of rotatable bonds is 8. The van der Waals surface area contributed by atoms with Crippen LogP contribution in [-0.2, 0) is 11.2 Å². The zero-order chi connectivity index (χ0) is 31.6. The normalized spacial score (nSPS) is 15.5. The van der Waals surface area contributed by atoms with Gasteiger partial charge in [0.15, 0.2) is 0 Å². The van der Waals surface area contributed by atoms with E-state index in [9.17, 15) is 9.90 Å². The summed E-state index contributed by atoms with van der Waals surface area (Å²) in [6.07, 6.45) is 7.56. The number of methoxy groups -OCH3 is 1. The number of aromatic hydroxyl groups is 1. The van der Waals surface area contributed by atoms with Crippen molar-refractivity contribution in [2.24, 2.45) is 10.7 Å². The second-order valence-corrected chi connectivity index (χ2v) is 12.0. The molecule has 0 saturated carbocycles. The number of pyridine rings is 1. The van der Waals surface area contributed by atoms with Gasteiger partial charge in [-0.2, -0.15) is 5.10 Å².